The summed E-state index contributed by atoms with van der Waals surface area (Å²) >= 11 is 0. The average Bonchev–Trinajstić information content (AvgIpc) is 3.01. The molecule has 46 heavy (non-hydrogen) atoms. The summed E-state index contributed by atoms with van der Waals surface area (Å²) in [7, 11) is -1.88. The number of piperidine rings is 1. The van der Waals surface area contributed by atoms with Crippen LogP contribution in [0.25, 0.3) is 0 Å². The van der Waals surface area contributed by atoms with Gasteiger partial charge in [0.1, 0.15) is 17.9 Å². The number of likely N-dealkylation sites (tertiary alicyclic amines) is 1. The molecule has 3 aliphatic heterocycles. The highest BCUT2D eigenvalue weighted by atomic mass is 32.2. The molecule has 1 spiro atoms. The monoisotopic (exact) mass is 662 g/mol. The lowest BCUT2D eigenvalue weighted by Crippen LogP contribution is -2.61. The Kier molecular flexibility index (Phi) is 11.1. The summed E-state index contributed by atoms with van der Waals surface area (Å²) in [6, 6.07) is 3.76. The van der Waals surface area contributed by atoms with Gasteiger partial charge in [0.25, 0.3) is 5.91 Å². The summed E-state index contributed by atoms with van der Waals surface area (Å²) in [4.78, 5) is 28.3. The van der Waals surface area contributed by atoms with Gasteiger partial charge in [-0.2, -0.15) is 0 Å². The molecule has 14 heteroatoms. The molecule has 3 fully saturated rings. The third-order valence-electron chi connectivity index (χ3n) is 9.28. The van der Waals surface area contributed by atoms with Gasteiger partial charge in [-0.1, -0.05) is 0 Å². The Morgan fingerprint density at radius 3 is 2.63 bits per heavy atom. The smallest absolute Gasteiger partial charge is 0.257 e. The first-order valence-electron chi connectivity index (χ1n) is 16.2. The molecule has 1 amide bonds. The number of nitrogens with zero attached hydrogens (tertiary/aromatic N) is 5. The number of amides is 1. The zero-order chi connectivity index (χ0) is 32.9. The molecule has 2 aromatic rings. The van der Waals surface area contributed by atoms with E-state index in [0.29, 0.717) is 24.7 Å². The molecule has 1 N–H and O–H groups in total. The van der Waals surface area contributed by atoms with Gasteiger partial charge in [-0.15, -0.1) is 0 Å². The van der Waals surface area contributed by atoms with E-state index < -0.39 is 15.8 Å². The summed E-state index contributed by atoms with van der Waals surface area (Å²) in [6.07, 6.45) is 6.86. The van der Waals surface area contributed by atoms with Crippen molar-refractivity contribution in [1.29, 1.82) is 0 Å². The fraction of sp³-hybridized carbons (Fsp3) is 0.656. The molecule has 1 aromatic carbocycles. The maximum Gasteiger partial charge on any atom is 0.257 e. The van der Waals surface area contributed by atoms with E-state index in [1.807, 2.05) is 20.8 Å². The van der Waals surface area contributed by atoms with E-state index in [9.17, 15) is 17.6 Å². The van der Waals surface area contributed by atoms with Gasteiger partial charge < -0.3 is 28.9 Å². The number of rotatable bonds is 13. The minimum absolute atomic E-state index is 0.0460. The van der Waals surface area contributed by atoms with Crippen LogP contribution in [0.15, 0.2) is 30.7 Å². The van der Waals surface area contributed by atoms with Gasteiger partial charge in [-0.25, -0.2) is 27.5 Å². The highest BCUT2D eigenvalue weighted by molar-refractivity contribution is 7.89. The number of hydrogen-bond acceptors (Lipinski definition) is 10. The SMILES string of the molecule is CCN(C(=O)c1cc(F)ccc1Oc1cncnc1N1CC2(CCN(C[C@@H]3CC[C@@H](NS(=O)(=O)CCOC)CO3)CC2)C1)C(C)C. The zero-order valence-electron chi connectivity index (χ0n) is 27.3. The largest absolute Gasteiger partial charge is 0.451 e. The summed E-state index contributed by atoms with van der Waals surface area (Å²) in [5, 5.41) is 0. The van der Waals surface area contributed by atoms with Gasteiger partial charge in [0.2, 0.25) is 10.0 Å². The second-order valence-electron chi connectivity index (χ2n) is 13.0. The fourth-order valence-electron chi connectivity index (χ4n) is 6.67. The van der Waals surface area contributed by atoms with E-state index >= 15 is 0 Å². The van der Waals surface area contributed by atoms with Crippen LogP contribution in [0.1, 0.15) is 56.8 Å². The quantitative estimate of drug-likeness (QED) is 0.342. The van der Waals surface area contributed by atoms with Crippen molar-refractivity contribution in [1.82, 2.24) is 24.5 Å². The van der Waals surface area contributed by atoms with E-state index in [2.05, 4.69) is 24.5 Å². The van der Waals surface area contributed by atoms with Gasteiger partial charge in [-0.05, 0) is 77.7 Å². The van der Waals surface area contributed by atoms with Crippen molar-refractivity contribution >= 4 is 21.7 Å². The summed E-state index contributed by atoms with van der Waals surface area (Å²) < 4.78 is 58.5. The number of anilines is 1. The molecule has 0 radical (unpaired) electrons. The topological polar surface area (TPSA) is 126 Å². The molecule has 0 aliphatic carbocycles. The molecule has 1 aromatic heterocycles. The number of hydrogen-bond donors (Lipinski definition) is 1. The van der Waals surface area contributed by atoms with Crippen LogP contribution in [-0.2, 0) is 19.5 Å². The maximum atomic E-state index is 14.3. The van der Waals surface area contributed by atoms with E-state index in [-0.39, 0.29) is 53.2 Å². The molecule has 4 heterocycles. The van der Waals surface area contributed by atoms with Gasteiger partial charge in [-0.3, -0.25) is 4.79 Å². The van der Waals surface area contributed by atoms with Crippen LogP contribution >= 0.6 is 0 Å². The molecule has 3 aliphatic rings. The van der Waals surface area contributed by atoms with Gasteiger partial charge in [0.15, 0.2) is 11.6 Å². The van der Waals surface area contributed by atoms with Crippen LogP contribution in [0.5, 0.6) is 11.5 Å². The molecule has 254 valence electrons. The third-order valence-corrected chi connectivity index (χ3v) is 10.7. The lowest BCUT2D eigenvalue weighted by Gasteiger charge is -2.54. The van der Waals surface area contributed by atoms with Crippen molar-refractivity contribution < 1.29 is 31.8 Å². The van der Waals surface area contributed by atoms with Crippen molar-refractivity contribution in [3.8, 4) is 11.5 Å². The van der Waals surface area contributed by atoms with Crippen molar-refractivity contribution in [2.24, 2.45) is 5.41 Å². The Balaban J connectivity index is 1.13. The number of ether oxygens (including phenoxy) is 3. The Morgan fingerprint density at radius 2 is 1.98 bits per heavy atom. The van der Waals surface area contributed by atoms with E-state index in [1.54, 1.807) is 11.1 Å². The van der Waals surface area contributed by atoms with Crippen LogP contribution < -0.4 is 14.4 Å². The Bertz CT molecular complexity index is 1440. The first-order valence-corrected chi connectivity index (χ1v) is 17.8. The van der Waals surface area contributed by atoms with Gasteiger partial charge in [0.05, 0.1) is 36.8 Å². The predicted octanol–water partition coefficient (Wildman–Crippen LogP) is 3.29. The average molecular weight is 663 g/mol. The zero-order valence-corrected chi connectivity index (χ0v) is 28.1. The van der Waals surface area contributed by atoms with Crippen LogP contribution in [0.2, 0.25) is 0 Å². The van der Waals surface area contributed by atoms with E-state index in [0.717, 1.165) is 58.4 Å². The number of halogens is 1. The second-order valence-corrected chi connectivity index (χ2v) is 14.8. The molecule has 12 nitrogen and oxygen atoms in total. The van der Waals surface area contributed by atoms with Gasteiger partial charge >= 0.3 is 0 Å². The second kappa shape index (κ2) is 14.9. The molecule has 2 atom stereocenters. The van der Waals surface area contributed by atoms with Crippen LogP contribution in [0.4, 0.5) is 10.2 Å². The standard InChI is InChI=1S/C32H47FN6O6S/c1-5-39(23(2)3)31(40)27-16-24(33)6-9-28(27)45-29-17-34-22-35-30(29)38-20-32(21-38)10-12-37(13-11-32)18-26-8-7-25(19-44-26)36-46(41,42)15-14-43-4/h6,9,16-17,22-23,25-26,36H,5,7-8,10-15,18-21H2,1-4H3/t25-,26+/m1/s1. The van der Waals surface area contributed by atoms with Crippen molar-refractivity contribution in [3.05, 3.63) is 42.1 Å². The highest BCUT2D eigenvalue weighted by Gasteiger charge is 2.46. The van der Waals surface area contributed by atoms with Crippen LogP contribution in [0.3, 0.4) is 0 Å². The van der Waals surface area contributed by atoms with Crippen LogP contribution in [-0.4, -0.2) is 118 Å². The maximum absolute atomic E-state index is 14.3. The molecular formula is C32H47FN6O6S. The Morgan fingerprint density at radius 1 is 1.22 bits per heavy atom. The first kappa shape index (κ1) is 34.4. The highest BCUT2D eigenvalue weighted by Crippen LogP contribution is 2.45. The predicted molar refractivity (Wildman–Crippen MR) is 172 cm³/mol. The molecule has 0 unspecified atom stereocenters. The summed E-state index contributed by atoms with van der Waals surface area (Å²) in [5.41, 5.74) is 0.354. The van der Waals surface area contributed by atoms with Gasteiger partial charge in [0, 0.05) is 50.8 Å². The normalized spacial score (nSPS) is 21.7. The molecule has 3 saturated heterocycles. The Hall–Kier alpha value is -2.91. The number of methoxy groups -OCH3 is 1. The summed E-state index contributed by atoms with van der Waals surface area (Å²) in [5.74, 6) is 0.512. The number of carbonyl (C=O) groups excluding carboxylic acids is 1. The summed E-state index contributed by atoms with van der Waals surface area (Å²) in [6.45, 7) is 11.3. The molecular weight excluding hydrogens is 615 g/mol. The molecule has 0 saturated carbocycles. The number of aromatic nitrogens is 2. The van der Waals surface area contributed by atoms with Crippen molar-refractivity contribution in [2.45, 2.75) is 64.6 Å². The third kappa shape index (κ3) is 8.32. The lowest BCUT2D eigenvalue weighted by atomic mass is 9.72. The molecule has 0 bridgehead atoms. The number of nitrogens with one attached hydrogen (secondary N) is 1. The van der Waals surface area contributed by atoms with Crippen molar-refractivity contribution in [2.75, 3.05) is 70.2 Å². The van der Waals surface area contributed by atoms with Crippen LogP contribution in [0, 0.1) is 11.2 Å². The van der Waals surface area contributed by atoms with E-state index in [4.69, 9.17) is 14.2 Å². The minimum Gasteiger partial charge on any atom is -0.451 e. The number of benzene rings is 1. The lowest BCUT2D eigenvalue weighted by molar-refractivity contribution is -0.0299. The number of sulfonamides is 1. The molecule has 5 rings (SSSR count). The number of carbonyl (C=O) groups is 1. The van der Waals surface area contributed by atoms with E-state index in [1.165, 1.54) is 31.6 Å². The Labute approximate surface area is 271 Å². The fourth-order valence-corrected chi connectivity index (χ4v) is 7.87. The first-order chi connectivity index (χ1) is 22.0. The van der Waals surface area contributed by atoms with Crippen molar-refractivity contribution in [3.63, 3.8) is 0 Å². The minimum atomic E-state index is -3.37.